The molecule has 0 bridgehead atoms. The van der Waals surface area contributed by atoms with Gasteiger partial charge in [0, 0.05) is 5.56 Å². The van der Waals surface area contributed by atoms with Crippen molar-refractivity contribution in [2.75, 3.05) is 0 Å². The van der Waals surface area contributed by atoms with Gasteiger partial charge in [0.15, 0.2) is 5.82 Å². The lowest BCUT2D eigenvalue weighted by atomic mass is 10.1. The summed E-state index contributed by atoms with van der Waals surface area (Å²) in [6.07, 6.45) is 0. The number of guanidine groups is 1. The van der Waals surface area contributed by atoms with Crippen molar-refractivity contribution in [2.24, 2.45) is 10.8 Å². The molecule has 16 heavy (non-hydrogen) atoms. The Labute approximate surface area is 90.5 Å². The van der Waals surface area contributed by atoms with E-state index < -0.39 is 0 Å². The zero-order valence-electron chi connectivity index (χ0n) is 8.16. The fourth-order valence-corrected chi connectivity index (χ4v) is 1.64. The Kier molecular flexibility index (Phi) is 1.74. The lowest BCUT2D eigenvalue weighted by Gasteiger charge is -2.09. The maximum atomic E-state index is 13.6. The smallest absolute Gasteiger partial charge is 0.236 e. The molecule has 1 aromatic carbocycles. The Morgan fingerprint density at radius 2 is 2.12 bits per heavy atom. The van der Waals surface area contributed by atoms with Crippen molar-refractivity contribution in [1.82, 2.24) is 21.4 Å². The van der Waals surface area contributed by atoms with Crippen LogP contribution in [0.1, 0.15) is 5.56 Å². The summed E-state index contributed by atoms with van der Waals surface area (Å²) in [5.74, 6) is 0.546. The first kappa shape index (κ1) is 8.98. The number of hydrogen-bond acceptors (Lipinski definition) is 6. The zero-order chi connectivity index (χ0) is 11.1. The number of nitrogens with two attached hydrogens (primary N) is 1. The monoisotopic (exact) mass is 220 g/mol. The lowest BCUT2D eigenvalue weighted by molar-refractivity contribution is 0.382. The Balaban J connectivity index is 2.07. The van der Waals surface area contributed by atoms with E-state index >= 15 is 0 Å². The molecule has 0 unspecified atom stereocenters. The average Bonchev–Trinajstić information content (AvgIpc) is 2.83. The van der Waals surface area contributed by atoms with Gasteiger partial charge in [-0.3, -0.25) is 10.9 Å². The first-order valence-electron chi connectivity index (χ1n) is 4.67. The molecule has 6 nitrogen and oxygen atoms in total. The van der Waals surface area contributed by atoms with Gasteiger partial charge in [0.25, 0.3) is 0 Å². The van der Waals surface area contributed by atoms with E-state index in [1.54, 1.807) is 18.2 Å². The van der Waals surface area contributed by atoms with E-state index in [2.05, 4.69) is 21.5 Å². The van der Waals surface area contributed by atoms with Crippen LogP contribution in [-0.4, -0.2) is 11.0 Å². The molecule has 82 valence electrons. The number of rotatable bonds is 1. The van der Waals surface area contributed by atoms with E-state index in [1.807, 2.05) is 0 Å². The Bertz CT molecular complexity index is 508. The van der Waals surface area contributed by atoms with Gasteiger partial charge in [0.05, 0.1) is 0 Å². The summed E-state index contributed by atoms with van der Waals surface area (Å²) in [5, 5.41) is 5.32. The Morgan fingerprint density at radius 1 is 1.31 bits per heavy atom. The molecule has 0 atom stereocenters. The minimum atomic E-state index is -0.312. The van der Waals surface area contributed by atoms with E-state index in [0.29, 0.717) is 17.1 Å². The highest BCUT2D eigenvalue weighted by molar-refractivity contribution is 5.85. The van der Waals surface area contributed by atoms with E-state index in [9.17, 15) is 4.39 Å². The van der Waals surface area contributed by atoms with Gasteiger partial charge in [-0.25, -0.2) is 9.40 Å². The second-order valence-corrected chi connectivity index (χ2v) is 3.36. The summed E-state index contributed by atoms with van der Waals surface area (Å²) in [4.78, 5) is 0. The van der Waals surface area contributed by atoms with Crippen molar-refractivity contribution in [3.05, 3.63) is 41.5 Å². The van der Waals surface area contributed by atoms with Crippen LogP contribution in [0.15, 0.2) is 35.2 Å². The van der Waals surface area contributed by atoms with Gasteiger partial charge in [0.2, 0.25) is 5.96 Å². The molecule has 0 saturated heterocycles. The molecule has 2 aliphatic heterocycles. The third-order valence-electron chi connectivity index (χ3n) is 2.40. The van der Waals surface area contributed by atoms with Crippen LogP contribution < -0.4 is 22.1 Å². The molecule has 0 aromatic heterocycles. The van der Waals surface area contributed by atoms with Crippen LogP contribution in [-0.2, 0) is 0 Å². The number of hydrazone groups is 1. The van der Waals surface area contributed by atoms with Gasteiger partial charge < -0.3 is 5.73 Å². The van der Waals surface area contributed by atoms with E-state index in [-0.39, 0.29) is 11.8 Å². The second kappa shape index (κ2) is 3.11. The highest BCUT2D eigenvalue weighted by atomic mass is 19.1. The molecule has 3 rings (SSSR count). The first-order valence-corrected chi connectivity index (χ1v) is 4.67. The van der Waals surface area contributed by atoms with Gasteiger partial charge in [-0.15, -0.1) is 10.6 Å². The standard InChI is InChI=1S/C9H9FN6/c10-6-4-2-1-3-5(6)7-8-13-14-9(11)16(8)15-12-7/h1-4,12-13,15H,(H2,11,14). The molecule has 2 heterocycles. The molecule has 0 radical (unpaired) electrons. The molecule has 0 spiro atoms. The normalized spacial score (nSPS) is 18.1. The second-order valence-electron chi connectivity index (χ2n) is 3.36. The minimum absolute atomic E-state index is 0.272. The molecular weight excluding hydrogens is 211 g/mol. The molecule has 0 fully saturated rings. The van der Waals surface area contributed by atoms with Crippen molar-refractivity contribution < 1.29 is 4.39 Å². The van der Waals surface area contributed by atoms with Crippen LogP contribution in [0.5, 0.6) is 0 Å². The molecule has 0 saturated carbocycles. The zero-order valence-corrected chi connectivity index (χ0v) is 8.16. The van der Waals surface area contributed by atoms with Gasteiger partial charge in [-0.2, -0.15) is 0 Å². The van der Waals surface area contributed by atoms with Crippen molar-refractivity contribution >= 4 is 11.7 Å². The molecule has 0 amide bonds. The maximum absolute atomic E-state index is 13.6. The summed E-state index contributed by atoms with van der Waals surface area (Å²) >= 11 is 0. The maximum Gasteiger partial charge on any atom is 0.236 e. The number of nitrogens with one attached hydrogen (secondary N) is 3. The quantitative estimate of drug-likeness (QED) is 0.518. The molecule has 1 aromatic rings. The summed E-state index contributed by atoms with van der Waals surface area (Å²) in [5.41, 5.74) is 14.9. The largest absolute Gasteiger partial charge is 0.367 e. The number of hydrazine groups is 2. The van der Waals surface area contributed by atoms with Crippen LogP contribution in [0.4, 0.5) is 4.39 Å². The predicted molar refractivity (Wildman–Crippen MR) is 56.2 cm³/mol. The Morgan fingerprint density at radius 3 is 2.94 bits per heavy atom. The van der Waals surface area contributed by atoms with Gasteiger partial charge in [-0.1, -0.05) is 12.1 Å². The molecule has 0 aliphatic carbocycles. The summed E-state index contributed by atoms with van der Waals surface area (Å²) in [7, 11) is 0. The van der Waals surface area contributed by atoms with Crippen molar-refractivity contribution in [2.45, 2.75) is 0 Å². The van der Waals surface area contributed by atoms with Crippen LogP contribution >= 0.6 is 0 Å². The number of benzene rings is 1. The third kappa shape index (κ3) is 1.12. The van der Waals surface area contributed by atoms with Gasteiger partial charge in [0.1, 0.15) is 11.5 Å². The van der Waals surface area contributed by atoms with Crippen LogP contribution in [0.2, 0.25) is 0 Å². The Hall–Kier alpha value is -2.28. The number of nitrogens with zero attached hydrogens (tertiary/aromatic N) is 2. The third-order valence-corrected chi connectivity index (χ3v) is 2.40. The van der Waals surface area contributed by atoms with Gasteiger partial charge >= 0.3 is 0 Å². The number of halogens is 1. The first-order chi connectivity index (χ1) is 7.77. The minimum Gasteiger partial charge on any atom is -0.367 e. The van der Waals surface area contributed by atoms with Gasteiger partial charge in [-0.05, 0) is 12.1 Å². The fourth-order valence-electron chi connectivity index (χ4n) is 1.64. The number of fused-ring (bicyclic) bond motifs is 1. The summed E-state index contributed by atoms with van der Waals surface area (Å²) in [6.45, 7) is 0. The highest BCUT2D eigenvalue weighted by Crippen LogP contribution is 2.23. The van der Waals surface area contributed by atoms with Crippen molar-refractivity contribution in [3.63, 3.8) is 0 Å². The molecular formula is C9H9FN6. The SMILES string of the molecule is NC1=NNC2=C(c3ccccc3F)NNN12. The van der Waals surface area contributed by atoms with E-state index in [1.165, 1.54) is 11.1 Å². The number of hydrogen-bond donors (Lipinski definition) is 4. The molecule has 2 aliphatic rings. The van der Waals surface area contributed by atoms with E-state index in [4.69, 9.17) is 5.73 Å². The van der Waals surface area contributed by atoms with Crippen molar-refractivity contribution in [3.8, 4) is 0 Å². The fraction of sp³-hybridized carbons (Fsp3) is 0. The lowest BCUT2D eigenvalue weighted by Crippen LogP contribution is -2.43. The van der Waals surface area contributed by atoms with Crippen molar-refractivity contribution in [1.29, 1.82) is 0 Å². The average molecular weight is 220 g/mol. The van der Waals surface area contributed by atoms with Crippen LogP contribution in [0, 0.1) is 5.82 Å². The predicted octanol–water partition coefficient (Wildman–Crippen LogP) is -0.391. The summed E-state index contributed by atoms with van der Waals surface area (Å²) < 4.78 is 13.6. The van der Waals surface area contributed by atoms with E-state index in [0.717, 1.165) is 0 Å². The van der Waals surface area contributed by atoms with Crippen LogP contribution in [0.25, 0.3) is 5.70 Å². The topological polar surface area (TPSA) is 77.7 Å². The summed E-state index contributed by atoms with van der Waals surface area (Å²) in [6, 6.07) is 6.46. The molecule has 5 N–H and O–H groups in total. The van der Waals surface area contributed by atoms with Crippen LogP contribution in [0.3, 0.4) is 0 Å². The highest BCUT2D eigenvalue weighted by Gasteiger charge is 2.30. The molecule has 7 heteroatoms.